The summed E-state index contributed by atoms with van der Waals surface area (Å²) >= 11 is 0. The van der Waals surface area contributed by atoms with Gasteiger partial charge >= 0.3 is 5.97 Å². The van der Waals surface area contributed by atoms with Crippen molar-refractivity contribution in [2.24, 2.45) is 0 Å². The maximum atomic E-state index is 12.5. The van der Waals surface area contributed by atoms with Gasteiger partial charge < -0.3 is 4.74 Å². The van der Waals surface area contributed by atoms with Crippen LogP contribution in [0.4, 0.5) is 0 Å². The zero-order valence-electron chi connectivity index (χ0n) is 13.6. The molecule has 3 aliphatic carbocycles. The normalized spacial score (nSPS) is 32.6. The van der Waals surface area contributed by atoms with Gasteiger partial charge in [0.1, 0.15) is 5.54 Å². The zero-order valence-corrected chi connectivity index (χ0v) is 13.6. The molecule has 4 heteroatoms. The largest absolute Gasteiger partial charge is 0.465 e. The number of esters is 1. The number of carbonyl (C=O) groups excluding carboxylic acids is 1. The van der Waals surface area contributed by atoms with Crippen LogP contribution in [-0.2, 0) is 9.53 Å². The molecule has 3 rings (SSSR count). The van der Waals surface area contributed by atoms with E-state index in [2.05, 4.69) is 17.1 Å². The number of hydrogen-bond donors (Lipinski definition) is 1. The molecule has 0 bridgehead atoms. The molecule has 0 saturated heterocycles. The van der Waals surface area contributed by atoms with Crippen molar-refractivity contribution >= 4 is 5.97 Å². The summed E-state index contributed by atoms with van der Waals surface area (Å²) in [7, 11) is 0. The van der Waals surface area contributed by atoms with E-state index in [1.165, 1.54) is 38.6 Å². The first-order valence-corrected chi connectivity index (χ1v) is 8.89. The standard InChI is InChI=1S/C17H30N2O2/c1-3-11-19(14-7-8-14)15-9-10-17(12-15,16(20)21-4-2)18-13-5-6-13/h13-15,18H,3-12H2,1-2H3. The van der Waals surface area contributed by atoms with Crippen LogP contribution in [0.3, 0.4) is 0 Å². The molecule has 2 atom stereocenters. The lowest BCUT2D eigenvalue weighted by molar-refractivity contribution is -0.151. The highest BCUT2D eigenvalue weighted by Crippen LogP contribution is 2.41. The first-order chi connectivity index (χ1) is 10.2. The molecule has 0 radical (unpaired) electrons. The van der Waals surface area contributed by atoms with Gasteiger partial charge in [0.2, 0.25) is 0 Å². The highest BCUT2D eigenvalue weighted by atomic mass is 16.5. The summed E-state index contributed by atoms with van der Waals surface area (Å²) in [4.78, 5) is 15.2. The van der Waals surface area contributed by atoms with Gasteiger partial charge in [0, 0.05) is 18.1 Å². The summed E-state index contributed by atoms with van der Waals surface area (Å²) in [5.74, 6) is -0.00774. The van der Waals surface area contributed by atoms with Crippen molar-refractivity contribution in [1.82, 2.24) is 10.2 Å². The number of nitrogens with zero attached hydrogens (tertiary/aromatic N) is 1. The van der Waals surface area contributed by atoms with Crippen LogP contribution in [0, 0.1) is 0 Å². The Hall–Kier alpha value is -0.610. The van der Waals surface area contributed by atoms with Crippen LogP contribution in [0.1, 0.15) is 65.2 Å². The van der Waals surface area contributed by atoms with Gasteiger partial charge in [0.25, 0.3) is 0 Å². The second kappa shape index (κ2) is 6.25. The minimum absolute atomic E-state index is 0.00774. The SMILES string of the molecule is CCCN(C1CC1)C1CCC(NC2CC2)(C(=O)OCC)C1. The minimum atomic E-state index is -0.400. The molecule has 2 unspecified atom stereocenters. The summed E-state index contributed by atoms with van der Waals surface area (Å²) < 4.78 is 5.40. The predicted molar refractivity (Wildman–Crippen MR) is 83.2 cm³/mol. The van der Waals surface area contributed by atoms with Gasteiger partial charge in [-0.1, -0.05) is 6.92 Å². The van der Waals surface area contributed by atoms with E-state index < -0.39 is 5.54 Å². The third-order valence-corrected chi connectivity index (χ3v) is 5.18. The number of nitrogens with one attached hydrogen (secondary N) is 1. The van der Waals surface area contributed by atoms with Gasteiger partial charge in [-0.15, -0.1) is 0 Å². The second-order valence-corrected chi connectivity index (χ2v) is 7.09. The van der Waals surface area contributed by atoms with E-state index in [9.17, 15) is 4.79 Å². The predicted octanol–water partition coefficient (Wildman–Crippen LogP) is 2.47. The van der Waals surface area contributed by atoms with Crippen LogP contribution in [0.15, 0.2) is 0 Å². The van der Waals surface area contributed by atoms with E-state index in [1.807, 2.05) is 6.92 Å². The molecule has 0 aliphatic heterocycles. The molecule has 0 aromatic carbocycles. The Labute approximate surface area is 128 Å². The fourth-order valence-electron chi connectivity index (χ4n) is 3.89. The Morgan fingerprint density at radius 1 is 1.19 bits per heavy atom. The first kappa shape index (κ1) is 15.3. The number of carbonyl (C=O) groups is 1. The average molecular weight is 294 g/mol. The lowest BCUT2D eigenvalue weighted by atomic mass is 9.96. The first-order valence-electron chi connectivity index (χ1n) is 8.89. The van der Waals surface area contributed by atoms with Crippen molar-refractivity contribution in [3.05, 3.63) is 0 Å². The summed E-state index contributed by atoms with van der Waals surface area (Å²) in [5.41, 5.74) is -0.400. The Bertz CT molecular complexity index is 379. The zero-order chi connectivity index (χ0) is 14.9. The Morgan fingerprint density at radius 2 is 1.95 bits per heavy atom. The van der Waals surface area contributed by atoms with Gasteiger partial charge in [0.15, 0.2) is 0 Å². The smallest absolute Gasteiger partial charge is 0.326 e. The summed E-state index contributed by atoms with van der Waals surface area (Å²) in [5, 5.41) is 3.64. The molecule has 1 N–H and O–H groups in total. The average Bonchev–Trinajstić information content (AvgIpc) is 3.37. The molecule has 0 spiro atoms. The molecular weight excluding hydrogens is 264 g/mol. The highest BCUT2D eigenvalue weighted by molar-refractivity contribution is 5.81. The van der Waals surface area contributed by atoms with Crippen LogP contribution in [0.5, 0.6) is 0 Å². The van der Waals surface area contributed by atoms with Crippen LogP contribution >= 0.6 is 0 Å². The lowest BCUT2D eigenvalue weighted by Crippen LogP contribution is -2.53. The van der Waals surface area contributed by atoms with E-state index in [1.54, 1.807) is 0 Å². The fraction of sp³-hybridized carbons (Fsp3) is 0.941. The second-order valence-electron chi connectivity index (χ2n) is 7.09. The molecule has 3 saturated carbocycles. The van der Waals surface area contributed by atoms with E-state index in [0.717, 1.165) is 25.3 Å². The fourth-order valence-corrected chi connectivity index (χ4v) is 3.89. The van der Waals surface area contributed by atoms with Gasteiger partial charge in [-0.05, 0) is 64.8 Å². The van der Waals surface area contributed by atoms with E-state index in [-0.39, 0.29) is 5.97 Å². The number of ether oxygens (including phenoxy) is 1. The molecule has 120 valence electrons. The molecule has 3 fully saturated rings. The van der Waals surface area contributed by atoms with Crippen LogP contribution in [-0.4, -0.2) is 47.7 Å². The van der Waals surface area contributed by atoms with Crippen molar-refractivity contribution < 1.29 is 9.53 Å². The Kier molecular flexibility index (Phi) is 4.55. The maximum Gasteiger partial charge on any atom is 0.326 e. The molecule has 4 nitrogen and oxygen atoms in total. The van der Waals surface area contributed by atoms with Gasteiger partial charge in [-0.2, -0.15) is 0 Å². The highest BCUT2D eigenvalue weighted by Gasteiger charge is 2.51. The van der Waals surface area contributed by atoms with Crippen molar-refractivity contribution in [2.75, 3.05) is 13.2 Å². The van der Waals surface area contributed by atoms with Gasteiger partial charge in [0.05, 0.1) is 6.61 Å². The van der Waals surface area contributed by atoms with Crippen molar-refractivity contribution in [1.29, 1.82) is 0 Å². The van der Waals surface area contributed by atoms with Gasteiger partial charge in [-0.3, -0.25) is 15.0 Å². The quantitative estimate of drug-likeness (QED) is 0.698. The Balaban J connectivity index is 1.68. The molecule has 0 aromatic rings. The molecule has 21 heavy (non-hydrogen) atoms. The van der Waals surface area contributed by atoms with E-state index >= 15 is 0 Å². The third-order valence-electron chi connectivity index (χ3n) is 5.18. The molecule has 0 aromatic heterocycles. The third kappa shape index (κ3) is 3.42. The molecule has 3 aliphatic rings. The molecule has 0 heterocycles. The number of hydrogen-bond acceptors (Lipinski definition) is 4. The van der Waals surface area contributed by atoms with Crippen LogP contribution in [0.25, 0.3) is 0 Å². The van der Waals surface area contributed by atoms with Crippen molar-refractivity contribution in [3.8, 4) is 0 Å². The van der Waals surface area contributed by atoms with Crippen LogP contribution < -0.4 is 5.32 Å². The lowest BCUT2D eigenvalue weighted by Gasteiger charge is -2.32. The van der Waals surface area contributed by atoms with Crippen molar-refractivity contribution in [2.45, 2.75) is 88.9 Å². The molecule has 0 amide bonds. The van der Waals surface area contributed by atoms with Crippen molar-refractivity contribution in [3.63, 3.8) is 0 Å². The maximum absolute atomic E-state index is 12.5. The molecular formula is C17H30N2O2. The minimum Gasteiger partial charge on any atom is -0.465 e. The van der Waals surface area contributed by atoms with Crippen LogP contribution in [0.2, 0.25) is 0 Å². The van der Waals surface area contributed by atoms with E-state index in [4.69, 9.17) is 4.74 Å². The summed E-state index contributed by atoms with van der Waals surface area (Å²) in [6, 6.07) is 1.90. The Morgan fingerprint density at radius 3 is 2.52 bits per heavy atom. The number of rotatable bonds is 8. The monoisotopic (exact) mass is 294 g/mol. The van der Waals surface area contributed by atoms with Gasteiger partial charge in [-0.25, -0.2) is 0 Å². The summed E-state index contributed by atoms with van der Waals surface area (Å²) in [6.45, 7) is 5.82. The summed E-state index contributed by atoms with van der Waals surface area (Å²) in [6.07, 6.45) is 9.35. The topological polar surface area (TPSA) is 41.6 Å². The van der Waals surface area contributed by atoms with E-state index in [0.29, 0.717) is 18.7 Å².